The van der Waals surface area contributed by atoms with Crippen molar-refractivity contribution in [3.05, 3.63) is 41.7 Å². The molecule has 0 saturated heterocycles. The number of para-hydroxylation sites is 1. The van der Waals surface area contributed by atoms with Gasteiger partial charge in [-0.3, -0.25) is 4.79 Å². The standard InChI is InChI=1S/C27H33FO4/c1-2-27-14-13-20-19-10-8-18(29)15-17(19)7-9-21(20)22(27)11-12-25(27)32-26(30)16-31-24-6-4-3-5-23(24)28/h3-6,15,19-22,25H,2,7-14,16H2,1H3. The van der Waals surface area contributed by atoms with Crippen LogP contribution in [0.25, 0.3) is 0 Å². The fourth-order valence-electron chi connectivity index (χ4n) is 7.68. The predicted molar refractivity (Wildman–Crippen MR) is 118 cm³/mol. The highest BCUT2D eigenvalue weighted by atomic mass is 19.1. The van der Waals surface area contributed by atoms with E-state index in [1.54, 1.807) is 12.1 Å². The Labute approximate surface area is 189 Å². The van der Waals surface area contributed by atoms with Crippen molar-refractivity contribution in [3.8, 4) is 5.75 Å². The van der Waals surface area contributed by atoms with Crippen LogP contribution in [-0.4, -0.2) is 24.5 Å². The second-order valence-electron chi connectivity index (χ2n) is 10.2. The number of ketones is 1. The zero-order valence-electron chi connectivity index (χ0n) is 18.9. The maximum Gasteiger partial charge on any atom is 0.344 e. The number of esters is 1. The highest BCUT2D eigenvalue weighted by molar-refractivity contribution is 5.91. The molecule has 0 amide bonds. The molecular weight excluding hydrogens is 407 g/mol. The first-order valence-corrected chi connectivity index (χ1v) is 12.3. The Morgan fingerprint density at radius 1 is 1.09 bits per heavy atom. The molecule has 1 aromatic carbocycles. The van der Waals surface area contributed by atoms with E-state index in [9.17, 15) is 14.0 Å². The number of benzene rings is 1. The molecule has 5 rings (SSSR count). The first-order chi connectivity index (χ1) is 15.5. The van der Waals surface area contributed by atoms with Crippen molar-refractivity contribution >= 4 is 11.8 Å². The molecule has 0 spiro atoms. The van der Waals surface area contributed by atoms with E-state index in [4.69, 9.17) is 9.47 Å². The van der Waals surface area contributed by atoms with Crippen LogP contribution < -0.4 is 4.74 Å². The van der Waals surface area contributed by atoms with E-state index in [1.807, 2.05) is 6.08 Å². The Morgan fingerprint density at radius 2 is 1.94 bits per heavy atom. The minimum atomic E-state index is -0.472. The molecule has 4 nitrogen and oxygen atoms in total. The molecular formula is C27H33FO4. The van der Waals surface area contributed by atoms with Crippen LogP contribution >= 0.6 is 0 Å². The van der Waals surface area contributed by atoms with Gasteiger partial charge in [-0.2, -0.15) is 0 Å². The number of carbonyl (C=O) groups excluding carboxylic acids is 2. The van der Waals surface area contributed by atoms with Gasteiger partial charge in [0.1, 0.15) is 6.10 Å². The lowest BCUT2D eigenvalue weighted by molar-refractivity contribution is -0.163. The maximum atomic E-state index is 13.8. The maximum absolute atomic E-state index is 13.8. The Kier molecular flexibility index (Phi) is 5.85. The summed E-state index contributed by atoms with van der Waals surface area (Å²) in [5.41, 5.74) is 1.44. The number of ether oxygens (including phenoxy) is 2. The van der Waals surface area contributed by atoms with Crippen LogP contribution in [0.1, 0.15) is 64.7 Å². The van der Waals surface area contributed by atoms with E-state index < -0.39 is 11.8 Å². The molecule has 0 N–H and O–H groups in total. The number of rotatable bonds is 5. The molecule has 0 radical (unpaired) electrons. The van der Waals surface area contributed by atoms with Gasteiger partial charge in [-0.25, -0.2) is 9.18 Å². The van der Waals surface area contributed by atoms with E-state index in [-0.39, 0.29) is 23.9 Å². The van der Waals surface area contributed by atoms with Crippen molar-refractivity contribution in [2.75, 3.05) is 6.61 Å². The monoisotopic (exact) mass is 440 g/mol. The molecule has 0 aliphatic heterocycles. The number of fused-ring (bicyclic) bond motifs is 5. The number of carbonyl (C=O) groups is 2. The lowest BCUT2D eigenvalue weighted by Crippen LogP contribution is -2.49. The molecule has 1 aromatic rings. The highest BCUT2D eigenvalue weighted by Gasteiger charge is 2.58. The number of hydrogen-bond acceptors (Lipinski definition) is 4. The average Bonchev–Trinajstić information content (AvgIpc) is 3.16. The quantitative estimate of drug-likeness (QED) is 0.556. The van der Waals surface area contributed by atoms with Gasteiger partial charge in [0.25, 0.3) is 0 Å². The minimum Gasteiger partial charge on any atom is -0.479 e. The Bertz CT molecular complexity index is 924. The van der Waals surface area contributed by atoms with Crippen LogP contribution in [0, 0.1) is 34.9 Å². The summed E-state index contributed by atoms with van der Waals surface area (Å²) in [5.74, 6) is 2.00. The van der Waals surface area contributed by atoms with Crippen LogP contribution in [0.4, 0.5) is 4.39 Å². The zero-order chi connectivity index (χ0) is 22.3. The normalized spacial score (nSPS) is 35.9. The third kappa shape index (κ3) is 3.68. The number of halogens is 1. The summed E-state index contributed by atoms with van der Waals surface area (Å²) >= 11 is 0. The van der Waals surface area contributed by atoms with Gasteiger partial charge < -0.3 is 9.47 Å². The van der Waals surface area contributed by atoms with Crippen molar-refractivity contribution in [2.24, 2.45) is 29.1 Å². The SMILES string of the molecule is CCC12CCC3C4CCC(=O)C=C4CCC3C1CCC2OC(=O)COc1ccccc1F. The average molecular weight is 441 g/mol. The van der Waals surface area contributed by atoms with Gasteiger partial charge in [0.2, 0.25) is 0 Å². The van der Waals surface area contributed by atoms with E-state index >= 15 is 0 Å². The van der Waals surface area contributed by atoms with Gasteiger partial charge >= 0.3 is 5.97 Å². The molecule has 4 aliphatic rings. The molecule has 4 aliphatic carbocycles. The molecule has 0 bridgehead atoms. The topological polar surface area (TPSA) is 52.6 Å². The summed E-state index contributed by atoms with van der Waals surface area (Å²) in [7, 11) is 0. The molecule has 6 unspecified atom stereocenters. The molecule has 0 aromatic heterocycles. The fourth-order valence-corrected chi connectivity index (χ4v) is 7.68. The molecule has 0 heterocycles. The first-order valence-electron chi connectivity index (χ1n) is 12.3. The second-order valence-corrected chi connectivity index (χ2v) is 10.2. The van der Waals surface area contributed by atoms with E-state index in [0.29, 0.717) is 35.9 Å². The van der Waals surface area contributed by atoms with Gasteiger partial charge in [-0.15, -0.1) is 0 Å². The van der Waals surface area contributed by atoms with E-state index in [2.05, 4.69) is 6.92 Å². The van der Waals surface area contributed by atoms with Crippen molar-refractivity contribution in [3.63, 3.8) is 0 Å². The minimum absolute atomic E-state index is 0.0422. The highest BCUT2D eigenvalue weighted by Crippen LogP contribution is 2.63. The lowest BCUT2D eigenvalue weighted by atomic mass is 9.51. The smallest absolute Gasteiger partial charge is 0.344 e. The number of allylic oxidation sites excluding steroid dienone is 1. The lowest BCUT2D eigenvalue weighted by Gasteiger charge is -2.54. The van der Waals surface area contributed by atoms with Gasteiger partial charge in [0, 0.05) is 11.8 Å². The Balaban J connectivity index is 1.26. The Hall–Kier alpha value is -2.17. The van der Waals surface area contributed by atoms with Crippen molar-refractivity contribution < 1.29 is 23.5 Å². The third-order valence-electron chi connectivity index (χ3n) is 9.05. The first kappa shape index (κ1) is 21.7. The summed E-state index contributed by atoms with van der Waals surface area (Å²) in [6, 6.07) is 6.12. The summed E-state index contributed by atoms with van der Waals surface area (Å²) in [5, 5.41) is 0. The molecule has 172 valence electrons. The van der Waals surface area contributed by atoms with Crippen LogP contribution in [0.5, 0.6) is 5.75 Å². The summed E-state index contributed by atoms with van der Waals surface area (Å²) < 4.78 is 25.2. The molecule has 32 heavy (non-hydrogen) atoms. The Morgan fingerprint density at radius 3 is 2.75 bits per heavy atom. The third-order valence-corrected chi connectivity index (χ3v) is 9.05. The largest absolute Gasteiger partial charge is 0.479 e. The van der Waals surface area contributed by atoms with Crippen LogP contribution in [0.2, 0.25) is 0 Å². The van der Waals surface area contributed by atoms with Gasteiger partial charge in [0.15, 0.2) is 24.0 Å². The molecule has 5 heteroatoms. The van der Waals surface area contributed by atoms with Crippen molar-refractivity contribution in [2.45, 2.75) is 70.8 Å². The van der Waals surface area contributed by atoms with E-state index in [0.717, 1.165) is 51.4 Å². The van der Waals surface area contributed by atoms with E-state index in [1.165, 1.54) is 17.7 Å². The summed E-state index contributed by atoms with van der Waals surface area (Å²) in [6.45, 7) is 1.97. The van der Waals surface area contributed by atoms with Gasteiger partial charge in [-0.05, 0) is 93.2 Å². The van der Waals surface area contributed by atoms with Crippen LogP contribution in [0.3, 0.4) is 0 Å². The predicted octanol–water partition coefficient (Wildman–Crippen LogP) is 5.65. The summed E-state index contributed by atoms with van der Waals surface area (Å²) in [4.78, 5) is 24.5. The molecule has 3 saturated carbocycles. The van der Waals surface area contributed by atoms with Gasteiger partial charge in [-0.1, -0.05) is 24.6 Å². The van der Waals surface area contributed by atoms with Crippen molar-refractivity contribution in [1.82, 2.24) is 0 Å². The second kappa shape index (κ2) is 8.64. The number of hydrogen-bond donors (Lipinski definition) is 0. The van der Waals surface area contributed by atoms with Crippen LogP contribution in [0.15, 0.2) is 35.9 Å². The van der Waals surface area contributed by atoms with Crippen molar-refractivity contribution in [1.29, 1.82) is 0 Å². The fraction of sp³-hybridized carbons (Fsp3) is 0.630. The van der Waals surface area contributed by atoms with Crippen LogP contribution in [-0.2, 0) is 14.3 Å². The zero-order valence-corrected chi connectivity index (χ0v) is 18.9. The molecule has 6 atom stereocenters. The molecule has 3 fully saturated rings. The summed E-state index contributed by atoms with van der Waals surface area (Å²) in [6.07, 6.45) is 11.0. The van der Waals surface area contributed by atoms with Gasteiger partial charge in [0.05, 0.1) is 0 Å².